The Balaban J connectivity index is 1.31. The van der Waals surface area contributed by atoms with Gasteiger partial charge in [-0.05, 0) is 61.1 Å². The Kier molecular flexibility index (Phi) is 7.97. The molecule has 2 aromatic carbocycles. The van der Waals surface area contributed by atoms with Gasteiger partial charge < -0.3 is 18.9 Å². The van der Waals surface area contributed by atoms with Crippen molar-refractivity contribution < 1.29 is 54.1 Å². The van der Waals surface area contributed by atoms with Gasteiger partial charge in [0.2, 0.25) is 5.90 Å². The number of ether oxygens (including phenoxy) is 4. The molecule has 0 aromatic heterocycles. The Morgan fingerprint density at radius 3 is 2.18 bits per heavy atom. The predicted octanol–water partition coefficient (Wildman–Crippen LogP) is 5.92. The van der Waals surface area contributed by atoms with E-state index in [0.29, 0.717) is 30.4 Å². The minimum Gasteiger partial charge on any atom is -0.476 e. The van der Waals surface area contributed by atoms with Gasteiger partial charge in [0.1, 0.15) is 6.61 Å². The SMILES string of the molecule is Fc1cc(CCC2COC(C3OC=NC3CCc3ccc(F)c(OC(F)(F)F)c3)=N2)ccc1OC(F)(F)F. The maximum atomic E-state index is 13.9. The fraction of sp³-hybridized carbons (Fsp3) is 0.417. The van der Waals surface area contributed by atoms with Gasteiger partial charge in [-0.3, -0.25) is 4.99 Å². The van der Waals surface area contributed by atoms with Gasteiger partial charge in [0.05, 0.1) is 12.1 Å². The summed E-state index contributed by atoms with van der Waals surface area (Å²) in [6.07, 6.45) is -8.16. The standard InChI is InChI=1S/C24H20F8N2O4/c25-16-6-2-14(10-20(16)38-24(30,31)32)3-7-18-21(36-12-33-18)22-34-15(11-35-22)5-1-13-4-8-19(17(26)9-13)37-23(27,28)29/h2,4,6,8-10,12,15,18,21H,1,3,5,7,11H2. The van der Waals surface area contributed by atoms with E-state index in [1.54, 1.807) is 0 Å². The van der Waals surface area contributed by atoms with Gasteiger partial charge >= 0.3 is 12.7 Å². The van der Waals surface area contributed by atoms with Crippen molar-refractivity contribution in [2.75, 3.05) is 6.61 Å². The molecular formula is C24H20F8N2O4. The third kappa shape index (κ3) is 7.48. The average Bonchev–Trinajstić information content (AvgIpc) is 3.47. The van der Waals surface area contributed by atoms with Crippen LogP contribution in [0.1, 0.15) is 24.0 Å². The van der Waals surface area contributed by atoms with Crippen molar-refractivity contribution in [3.8, 4) is 11.5 Å². The summed E-state index contributed by atoms with van der Waals surface area (Å²) in [6, 6.07) is 5.63. The zero-order valence-corrected chi connectivity index (χ0v) is 19.4. The van der Waals surface area contributed by atoms with Gasteiger partial charge in [-0.2, -0.15) is 0 Å². The Bertz CT molecular complexity index is 1200. The summed E-state index contributed by atoms with van der Waals surface area (Å²) >= 11 is 0. The van der Waals surface area contributed by atoms with Crippen LogP contribution in [0.4, 0.5) is 35.1 Å². The second-order valence-electron chi connectivity index (χ2n) is 8.51. The molecule has 2 aromatic rings. The topological polar surface area (TPSA) is 61.6 Å². The smallest absolute Gasteiger partial charge is 0.476 e. The molecule has 0 bridgehead atoms. The molecule has 14 heteroatoms. The van der Waals surface area contributed by atoms with E-state index in [2.05, 4.69) is 19.5 Å². The lowest BCUT2D eigenvalue weighted by Gasteiger charge is -2.17. The Morgan fingerprint density at radius 1 is 0.816 bits per heavy atom. The first-order chi connectivity index (χ1) is 17.9. The monoisotopic (exact) mass is 552 g/mol. The first-order valence-electron chi connectivity index (χ1n) is 11.3. The molecule has 0 radical (unpaired) electrons. The molecule has 0 aliphatic carbocycles. The Hall–Kier alpha value is -3.58. The fourth-order valence-corrected chi connectivity index (χ4v) is 4.00. The van der Waals surface area contributed by atoms with Crippen LogP contribution in [0.15, 0.2) is 46.4 Å². The van der Waals surface area contributed by atoms with Crippen molar-refractivity contribution >= 4 is 12.3 Å². The largest absolute Gasteiger partial charge is 0.573 e. The summed E-state index contributed by atoms with van der Waals surface area (Å²) in [5, 5.41) is 0. The molecule has 0 saturated heterocycles. The number of nitrogens with zero attached hydrogens (tertiary/aromatic N) is 2. The average molecular weight is 552 g/mol. The molecule has 0 fully saturated rings. The van der Waals surface area contributed by atoms with Gasteiger partial charge in [-0.25, -0.2) is 13.8 Å². The van der Waals surface area contributed by atoms with Crippen LogP contribution >= 0.6 is 0 Å². The quantitative estimate of drug-likeness (QED) is 0.363. The molecule has 0 N–H and O–H groups in total. The van der Waals surface area contributed by atoms with Crippen molar-refractivity contribution in [3.63, 3.8) is 0 Å². The van der Waals surface area contributed by atoms with Crippen LogP contribution in [0, 0.1) is 11.6 Å². The minimum atomic E-state index is -5.03. The normalized spacial score (nSPS) is 21.2. The van der Waals surface area contributed by atoms with Crippen molar-refractivity contribution in [2.24, 2.45) is 9.98 Å². The van der Waals surface area contributed by atoms with Gasteiger partial charge in [0.15, 0.2) is 35.6 Å². The summed E-state index contributed by atoms with van der Waals surface area (Å²) in [5.74, 6) is -3.84. The van der Waals surface area contributed by atoms with E-state index in [4.69, 9.17) is 9.47 Å². The number of hydrogen-bond acceptors (Lipinski definition) is 6. The molecule has 3 atom stereocenters. The molecule has 4 rings (SSSR count). The van der Waals surface area contributed by atoms with Crippen molar-refractivity contribution in [2.45, 2.75) is 56.6 Å². The molecule has 3 unspecified atom stereocenters. The number of alkyl halides is 6. The Morgan fingerprint density at radius 2 is 1.47 bits per heavy atom. The summed E-state index contributed by atoms with van der Waals surface area (Å²) in [6.45, 7) is 0.204. The van der Waals surface area contributed by atoms with E-state index in [9.17, 15) is 35.1 Å². The van der Waals surface area contributed by atoms with E-state index in [1.807, 2.05) is 0 Å². The highest BCUT2D eigenvalue weighted by atomic mass is 19.4. The van der Waals surface area contributed by atoms with Gasteiger partial charge in [0.25, 0.3) is 0 Å². The van der Waals surface area contributed by atoms with E-state index in [-0.39, 0.29) is 25.0 Å². The first-order valence-corrected chi connectivity index (χ1v) is 11.3. The van der Waals surface area contributed by atoms with Crippen LogP contribution in [0.2, 0.25) is 0 Å². The van der Waals surface area contributed by atoms with Crippen molar-refractivity contribution in [3.05, 3.63) is 59.2 Å². The van der Waals surface area contributed by atoms with Gasteiger partial charge in [-0.15, -0.1) is 26.3 Å². The summed E-state index contributed by atoms with van der Waals surface area (Å²) < 4.78 is 120. The van der Waals surface area contributed by atoms with E-state index >= 15 is 0 Å². The van der Waals surface area contributed by atoms with Crippen molar-refractivity contribution in [1.29, 1.82) is 0 Å². The molecule has 2 aliphatic heterocycles. The van der Waals surface area contributed by atoms with Crippen molar-refractivity contribution in [1.82, 2.24) is 0 Å². The molecule has 0 spiro atoms. The second kappa shape index (κ2) is 11.0. The molecule has 2 aliphatic rings. The van der Waals surface area contributed by atoms with Crippen LogP contribution in [0.3, 0.4) is 0 Å². The van der Waals surface area contributed by atoms with Gasteiger partial charge in [0, 0.05) is 0 Å². The lowest BCUT2D eigenvalue weighted by atomic mass is 10.0. The predicted molar refractivity (Wildman–Crippen MR) is 117 cm³/mol. The maximum absolute atomic E-state index is 13.9. The molecule has 0 amide bonds. The molecule has 0 saturated carbocycles. The molecule has 2 heterocycles. The number of rotatable bonds is 9. The van der Waals surface area contributed by atoms with Gasteiger partial charge in [-0.1, -0.05) is 12.1 Å². The molecular weight excluding hydrogens is 532 g/mol. The highest BCUT2D eigenvalue weighted by Crippen LogP contribution is 2.29. The summed E-state index contributed by atoms with van der Waals surface area (Å²) in [4.78, 5) is 8.68. The Labute approximate surface area is 210 Å². The lowest BCUT2D eigenvalue weighted by molar-refractivity contribution is -0.276. The zero-order chi connectivity index (χ0) is 27.5. The lowest BCUT2D eigenvalue weighted by Crippen LogP contribution is -2.31. The van der Waals surface area contributed by atoms with E-state index in [0.717, 1.165) is 24.3 Å². The number of hydrogen-bond donors (Lipinski definition) is 0. The van der Waals surface area contributed by atoms with Crippen LogP contribution in [0.25, 0.3) is 0 Å². The highest BCUT2D eigenvalue weighted by Gasteiger charge is 2.36. The molecule has 206 valence electrons. The van der Waals surface area contributed by atoms with Crippen LogP contribution in [-0.2, 0) is 22.3 Å². The van der Waals surface area contributed by atoms with Crippen LogP contribution < -0.4 is 9.47 Å². The number of halogens is 8. The number of benzene rings is 2. The first kappa shape index (κ1) is 27.5. The van der Waals surface area contributed by atoms with Crippen LogP contribution in [0.5, 0.6) is 11.5 Å². The molecule has 6 nitrogen and oxygen atoms in total. The number of aliphatic imine (C=N–C) groups is 2. The van der Waals surface area contributed by atoms with E-state index < -0.39 is 48.0 Å². The molecule has 38 heavy (non-hydrogen) atoms. The van der Waals surface area contributed by atoms with E-state index in [1.165, 1.54) is 18.5 Å². The third-order valence-corrected chi connectivity index (χ3v) is 5.72. The fourth-order valence-electron chi connectivity index (χ4n) is 4.00. The van der Waals surface area contributed by atoms with Crippen LogP contribution in [-0.4, -0.2) is 49.8 Å². The third-order valence-electron chi connectivity index (χ3n) is 5.72. The summed E-state index contributed by atoms with van der Waals surface area (Å²) in [5.41, 5.74) is 0.852. The number of aryl methyl sites for hydroxylation is 2. The summed E-state index contributed by atoms with van der Waals surface area (Å²) in [7, 11) is 0. The zero-order valence-electron chi connectivity index (χ0n) is 19.4. The second-order valence-corrected chi connectivity index (χ2v) is 8.51. The highest BCUT2D eigenvalue weighted by molar-refractivity contribution is 5.85. The maximum Gasteiger partial charge on any atom is 0.573 e. The minimum absolute atomic E-state index is 0.204.